The van der Waals surface area contributed by atoms with Crippen LogP contribution in [0.25, 0.3) is 0 Å². The summed E-state index contributed by atoms with van der Waals surface area (Å²) in [6.07, 6.45) is 2.22. The van der Waals surface area contributed by atoms with Gasteiger partial charge in [-0.15, -0.1) is 11.6 Å². The highest BCUT2D eigenvalue weighted by molar-refractivity contribution is 6.33. The van der Waals surface area contributed by atoms with Crippen molar-refractivity contribution in [1.82, 2.24) is 0 Å². The predicted molar refractivity (Wildman–Crippen MR) is 74.7 cm³/mol. The average molecular weight is 289 g/mol. The summed E-state index contributed by atoms with van der Waals surface area (Å²) in [6.45, 7) is 2.92. The van der Waals surface area contributed by atoms with Gasteiger partial charge in [0, 0.05) is 17.5 Å². The number of hydrogen-bond acceptors (Lipinski definition) is 2. The zero-order valence-electron chi connectivity index (χ0n) is 10.7. The van der Waals surface area contributed by atoms with E-state index in [9.17, 15) is 0 Å². The Hall–Kier alpha value is -0.440. The van der Waals surface area contributed by atoms with Crippen LogP contribution in [-0.2, 0) is 4.74 Å². The Bertz CT molecular complexity index is 409. The SMILES string of the molecule is CCC1OCCC1C(Cl)c1ccc(OC)cc1Cl. The highest BCUT2D eigenvalue weighted by Crippen LogP contribution is 2.42. The van der Waals surface area contributed by atoms with Crippen molar-refractivity contribution < 1.29 is 9.47 Å². The molecule has 0 aliphatic carbocycles. The van der Waals surface area contributed by atoms with E-state index in [1.807, 2.05) is 18.2 Å². The van der Waals surface area contributed by atoms with Crippen molar-refractivity contribution in [3.8, 4) is 5.75 Å². The third-order valence-electron chi connectivity index (χ3n) is 3.54. The van der Waals surface area contributed by atoms with E-state index < -0.39 is 0 Å². The maximum Gasteiger partial charge on any atom is 0.120 e. The van der Waals surface area contributed by atoms with E-state index in [1.165, 1.54) is 0 Å². The first-order valence-corrected chi connectivity index (χ1v) is 7.08. The maximum atomic E-state index is 6.58. The predicted octanol–water partition coefficient (Wildman–Crippen LogP) is 4.44. The maximum absolute atomic E-state index is 6.58. The van der Waals surface area contributed by atoms with E-state index in [0.717, 1.165) is 30.8 Å². The minimum Gasteiger partial charge on any atom is -0.497 e. The summed E-state index contributed by atoms with van der Waals surface area (Å²) in [6, 6.07) is 5.65. The van der Waals surface area contributed by atoms with Crippen molar-refractivity contribution in [2.75, 3.05) is 13.7 Å². The normalized spacial score (nSPS) is 25.1. The number of halogens is 2. The van der Waals surface area contributed by atoms with E-state index in [0.29, 0.717) is 10.9 Å². The average Bonchev–Trinajstić information content (AvgIpc) is 2.86. The van der Waals surface area contributed by atoms with Crippen LogP contribution in [0.15, 0.2) is 18.2 Å². The minimum atomic E-state index is -0.101. The van der Waals surface area contributed by atoms with Crippen molar-refractivity contribution in [2.24, 2.45) is 5.92 Å². The van der Waals surface area contributed by atoms with Crippen LogP contribution < -0.4 is 4.74 Å². The first-order valence-electron chi connectivity index (χ1n) is 6.26. The van der Waals surface area contributed by atoms with Crippen molar-refractivity contribution in [3.63, 3.8) is 0 Å². The third kappa shape index (κ3) is 2.76. The topological polar surface area (TPSA) is 18.5 Å². The fourth-order valence-electron chi connectivity index (χ4n) is 2.51. The third-order valence-corrected chi connectivity index (χ3v) is 4.43. The standard InChI is InChI=1S/C14H18Cl2O2/c1-3-13-11(6-7-18-13)14(16)10-5-4-9(17-2)8-12(10)15/h4-5,8,11,13-14H,3,6-7H2,1-2H3. The first-order chi connectivity index (χ1) is 8.67. The Labute approximate surface area is 118 Å². The van der Waals surface area contributed by atoms with Gasteiger partial charge in [0.05, 0.1) is 18.6 Å². The molecular formula is C14H18Cl2O2. The summed E-state index contributed by atoms with van der Waals surface area (Å²) in [5.41, 5.74) is 0.966. The van der Waals surface area contributed by atoms with Crippen LogP contribution in [-0.4, -0.2) is 19.8 Å². The number of methoxy groups -OCH3 is 1. The van der Waals surface area contributed by atoms with Gasteiger partial charge in [0.2, 0.25) is 0 Å². The smallest absolute Gasteiger partial charge is 0.120 e. The van der Waals surface area contributed by atoms with Crippen molar-refractivity contribution in [1.29, 1.82) is 0 Å². The molecule has 1 aliphatic heterocycles. The highest BCUT2D eigenvalue weighted by atomic mass is 35.5. The van der Waals surface area contributed by atoms with Crippen molar-refractivity contribution in [2.45, 2.75) is 31.2 Å². The molecule has 1 aliphatic rings. The summed E-state index contributed by atoms with van der Waals surface area (Å²) in [7, 11) is 1.63. The molecule has 0 amide bonds. The number of hydrogen-bond donors (Lipinski definition) is 0. The van der Waals surface area contributed by atoms with Gasteiger partial charge in [-0.2, -0.15) is 0 Å². The first kappa shape index (κ1) is 14.0. The molecule has 0 bridgehead atoms. The minimum absolute atomic E-state index is 0.101. The second-order valence-corrected chi connectivity index (χ2v) is 5.44. The van der Waals surface area contributed by atoms with Gasteiger partial charge in [-0.1, -0.05) is 24.6 Å². The van der Waals surface area contributed by atoms with Crippen molar-refractivity contribution in [3.05, 3.63) is 28.8 Å². The summed E-state index contributed by atoms with van der Waals surface area (Å²) in [5, 5.41) is 0.562. The van der Waals surface area contributed by atoms with Crippen LogP contribution in [0.1, 0.15) is 30.7 Å². The van der Waals surface area contributed by atoms with Crippen LogP contribution in [0.2, 0.25) is 5.02 Å². The molecule has 3 atom stereocenters. The molecule has 0 aromatic heterocycles. The molecule has 4 heteroatoms. The number of rotatable bonds is 4. The lowest BCUT2D eigenvalue weighted by Crippen LogP contribution is -2.19. The van der Waals surface area contributed by atoms with E-state index >= 15 is 0 Å². The largest absolute Gasteiger partial charge is 0.497 e. The van der Waals surface area contributed by atoms with Gasteiger partial charge < -0.3 is 9.47 Å². The quantitative estimate of drug-likeness (QED) is 0.763. The van der Waals surface area contributed by atoms with Gasteiger partial charge >= 0.3 is 0 Å². The molecule has 100 valence electrons. The molecule has 1 aromatic rings. The summed E-state index contributed by atoms with van der Waals surface area (Å²) >= 11 is 12.8. The van der Waals surface area contributed by atoms with E-state index in [4.69, 9.17) is 32.7 Å². The second kappa shape index (κ2) is 6.14. The Balaban J connectivity index is 2.20. The van der Waals surface area contributed by atoms with E-state index in [-0.39, 0.29) is 11.5 Å². The number of benzene rings is 1. The fourth-order valence-corrected chi connectivity index (χ4v) is 3.33. The molecule has 0 N–H and O–H groups in total. The summed E-state index contributed by atoms with van der Waals surface area (Å²) < 4.78 is 10.8. The molecule has 18 heavy (non-hydrogen) atoms. The zero-order valence-corrected chi connectivity index (χ0v) is 12.2. The van der Waals surface area contributed by atoms with Gasteiger partial charge in [0.15, 0.2) is 0 Å². The molecule has 1 aromatic carbocycles. The highest BCUT2D eigenvalue weighted by Gasteiger charge is 2.34. The van der Waals surface area contributed by atoms with Crippen LogP contribution >= 0.6 is 23.2 Å². The van der Waals surface area contributed by atoms with Gasteiger partial charge in [0.1, 0.15) is 5.75 Å². The zero-order chi connectivity index (χ0) is 13.1. The molecular weight excluding hydrogens is 271 g/mol. The molecule has 0 saturated carbocycles. The lowest BCUT2D eigenvalue weighted by atomic mass is 9.91. The molecule has 1 heterocycles. The van der Waals surface area contributed by atoms with Gasteiger partial charge in [-0.05, 0) is 30.5 Å². The lowest BCUT2D eigenvalue weighted by Gasteiger charge is -2.23. The van der Waals surface area contributed by atoms with Crippen LogP contribution in [0.5, 0.6) is 5.75 Å². The summed E-state index contributed by atoms with van der Waals surface area (Å²) in [5.74, 6) is 1.09. The van der Waals surface area contributed by atoms with E-state index in [2.05, 4.69) is 6.92 Å². The van der Waals surface area contributed by atoms with Crippen molar-refractivity contribution >= 4 is 23.2 Å². The molecule has 3 unspecified atom stereocenters. The molecule has 2 rings (SSSR count). The molecule has 0 spiro atoms. The summed E-state index contributed by atoms with van der Waals surface area (Å²) in [4.78, 5) is 0. The number of alkyl halides is 1. The molecule has 1 fully saturated rings. The Morgan fingerprint density at radius 2 is 2.28 bits per heavy atom. The molecule has 1 saturated heterocycles. The van der Waals surface area contributed by atoms with Gasteiger partial charge in [0.25, 0.3) is 0 Å². The Morgan fingerprint density at radius 3 is 2.89 bits per heavy atom. The monoisotopic (exact) mass is 288 g/mol. The van der Waals surface area contributed by atoms with Gasteiger partial charge in [-0.25, -0.2) is 0 Å². The van der Waals surface area contributed by atoms with Crippen LogP contribution in [0.4, 0.5) is 0 Å². The Kier molecular flexibility index (Phi) is 4.77. The van der Waals surface area contributed by atoms with Crippen LogP contribution in [0.3, 0.4) is 0 Å². The Morgan fingerprint density at radius 1 is 1.50 bits per heavy atom. The fraction of sp³-hybridized carbons (Fsp3) is 0.571. The second-order valence-electron chi connectivity index (χ2n) is 4.56. The lowest BCUT2D eigenvalue weighted by molar-refractivity contribution is 0.0864. The van der Waals surface area contributed by atoms with E-state index in [1.54, 1.807) is 7.11 Å². The molecule has 2 nitrogen and oxygen atoms in total. The number of ether oxygens (including phenoxy) is 2. The van der Waals surface area contributed by atoms with Gasteiger partial charge in [-0.3, -0.25) is 0 Å². The van der Waals surface area contributed by atoms with Crippen LogP contribution in [0, 0.1) is 5.92 Å². The molecule has 0 radical (unpaired) electrons.